The van der Waals surface area contributed by atoms with Crippen LogP contribution in [0, 0.1) is 0 Å². The summed E-state index contributed by atoms with van der Waals surface area (Å²) in [7, 11) is 0. The second-order valence-corrected chi connectivity index (χ2v) is 5.57. The van der Waals surface area contributed by atoms with Gasteiger partial charge in [-0.1, -0.05) is 71.6 Å². The molecule has 0 aromatic heterocycles. The number of carbonyl (C=O) groups excluding carboxylic acids is 2. The van der Waals surface area contributed by atoms with E-state index in [1.165, 1.54) is 51.4 Å². The van der Waals surface area contributed by atoms with Crippen LogP contribution < -0.4 is 5.32 Å². The van der Waals surface area contributed by atoms with Crippen molar-refractivity contribution in [2.45, 2.75) is 84.5 Å². The Balaban J connectivity index is 3.24. The molecule has 0 radical (unpaired) electrons. The molecule has 0 saturated carbocycles. The molecule has 4 nitrogen and oxygen atoms in total. The maximum absolute atomic E-state index is 11.3. The molecule has 0 aromatic carbocycles. The molecule has 0 fully saturated rings. The molecule has 4 heteroatoms. The smallest absolute Gasteiger partial charge is 0.396 e. The van der Waals surface area contributed by atoms with Gasteiger partial charge in [0.05, 0.1) is 6.61 Å². The molecule has 21 heavy (non-hydrogen) atoms. The van der Waals surface area contributed by atoms with Gasteiger partial charge in [-0.25, -0.2) is 4.79 Å². The van der Waals surface area contributed by atoms with Gasteiger partial charge < -0.3 is 10.1 Å². The van der Waals surface area contributed by atoms with E-state index in [0.717, 1.165) is 19.3 Å². The van der Waals surface area contributed by atoms with Crippen molar-refractivity contribution in [3.63, 3.8) is 0 Å². The maximum atomic E-state index is 11.3. The maximum Gasteiger partial charge on any atom is 0.396 e. The van der Waals surface area contributed by atoms with Crippen molar-refractivity contribution in [2.24, 2.45) is 0 Å². The molecule has 0 atom stereocenters. The lowest BCUT2D eigenvalue weighted by atomic mass is 10.1. The number of ether oxygens (including phenoxy) is 1. The zero-order chi connectivity index (χ0) is 15.8. The third kappa shape index (κ3) is 13.7. The molecule has 0 aliphatic heterocycles. The van der Waals surface area contributed by atoms with Crippen LogP contribution in [0.25, 0.3) is 0 Å². The highest BCUT2D eigenvalue weighted by Crippen LogP contribution is 2.10. The first-order chi connectivity index (χ1) is 10.2. The highest BCUT2D eigenvalue weighted by atomic mass is 16.5. The fourth-order valence-electron chi connectivity index (χ4n) is 2.13. The molecule has 124 valence electrons. The van der Waals surface area contributed by atoms with Gasteiger partial charge in [-0.3, -0.25) is 4.79 Å². The number of amides is 1. The first-order valence-corrected chi connectivity index (χ1v) is 8.67. The minimum Gasteiger partial charge on any atom is -0.459 e. The number of carbonyl (C=O) groups is 2. The Bertz CT molecular complexity index is 267. The molecule has 0 bridgehead atoms. The van der Waals surface area contributed by atoms with E-state index in [2.05, 4.69) is 12.2 Å². The van der Waals surface area contributed by atoms with Gasteiger partial charge in [0, 0.05) is 6.54 Å². The molecule has 0 spiro atoms. The lowest BCUT2D eigenvalue weighted by Crippen LogP contribution is -2.33. The van der Waals surface area contributed by atoms with Gasteiger partial charge in [0.15, 0.2) is 0 Å². The summed E-state index contributed by atoms with van der Waals surface area (Å²) in [5.74, 6) is -1.37. The van der Waals surface area contributed by atoms with Gasteiger partial charge in [-0.05, 0) is 12.8 Å². The van der Waals surface area contributed by atoms with E-state index >= 15 is 0 Å². The van der Waals surface area contributed by atoms with Crippen molar-refractivity contribution in [3.8, 4) is 0 Å². The van der Waals surface area contributed by atoms with Crippen molar-refractivity contribution >= 4 is 11.9 Å². The largest absolute Gasteiger partial charge is 0.459 e. The number of nitrogens with one attached hydrogen (secondary N) is 1. The fraction of sp³-hybridized carbons (Fsp3) is 0.882. The fourth-order valence-corrected chi connectivity index (χ4v) is 2.13. The molecule has 0 unspecified atom stereocenters. The zero-order valence-corrected chi connectivity index (χ0v) is 13.9. The quantitative estimate of drug-likeness (QED) is 0.318. The Morgan fingerprint density at radius 1 is 0.762 bits per heavy atom. The Morgan fingerprint density at radius 2 is 1.29 bits per heavy atom. The van der Waals surface area contributed by atoms with Crippen LogP contribution in [0.2, 0.25) is 0 Å². The Morgan fingerprint density at radius 3 is 1.81 bits per heavy atom. The van der Waals surface area contributed by atoms with Crippen LogP contribution in [0.15, 0.2) is 0 Å². The molecule has 0 rings (SSSR count). The third-order valence-electron chi connectivity index (χ3n) is 3.45. The van der Waals surface area contributed by atoms with Gasteiger partial charge in [0.25, 0.3) is 0 Å². The van der Waals surface area contributed by atoms with Crippen LogP contribution in [-0.4, -0.2) is 25.0 Å². The monoisotopic (exact) mass is 299 g/mol. The number of rotatable bonds is 13. The van der Waals surface area contributed by atoms with Crippen LogP contribution >= 0.6 is 0 Å². The summed E-state index contributed by atoms with van der Waals surface area (Å²) in [6.07, 6.45) is 13.2. The normalized spacial score (nSPS) is 10.4. The standard InChI is InChI=1S/C17H33NO3/c1-3-5-6-7-8-9-10-11-12-13-15-21-17(20)16(19)18-14-4-2/h3-15H2,1-2H3,(H,18,19). The molecule has 0 aliphatic rings. The predicted octanol–water partition coefficient (Wildman–Crippen LogP) is 3.98. The molecule has 0 saturated heterocycles. The van der Waals surface area contributed by atoms with Crippen molar-refractivity contribution in [1.29, 1.82) is 0 Å². The molecule has 0 heterocycles. The number of esters is 1. The minimum atomic E-state index is -0.751. The summed E-state index contributed by atoms with van der Waals surface area (Å²) in [6, 6.07) is 0. The molecule has 1 amide bonds. The second kappa shape index (κ2) is 15.3. The van der Waals surface area contributed by atoms with Crippen molar-refractivity contribution in [1.82, 2.24) is 5.32 Å². The van der Waals surface area contributed by atoms with Gasteiger partial charge in [-0.2, -0.15) is 0 Å². The van der Waals surface area contributed by atoms with Crippen molar-refractivity contribution < 1.29 is 14.3 Å². The minimum absolute atomic E-state index is 0.356. The Hall–Kier alpha value is -1.06. The Kier molecular flexibility index (Phi) is 14.6. The second-order valence-electron chi connectivity index (χ2n) is 5.57. The van der Waals surface area contributed by atoms with E-state index in [0.29, 0.717) is 13.2 Å². The first-order valence-electron chi connectivity index (χ1n) is 8.67. The zero-order valence-electron chi connectivity index (χ0n) is 13.9. The van der Waals surface area contributed by atoms with Crippen LogP contribution in [0.4, 0.5) is 0 Å². The average molecular weight is 299 g/mol. The van der Waals surface area contributed by atoms with Crippen molar-refractivity contribution in [3.05, 3.63) is 0 Å². The summed E-state index contributed by atoms with van der Waals surface area (Å²) >= 11 is 0. The van der Waals surface area contributed by atoms with E-state index in [4.69, 9.17) is 4.74 Å². The van der Waals surface area contributed by atoms with Crippen LogP contribution in [0.3, 0.4) is 0 Å². The van der Waals surface area contributed by atoms with E-state index in [1.54, 1.807) is 0 Å². The van der Waals surface area contributed by atoms with Gasteiger partial charge in [-0.15, -0.1) is 0 Å². The van der Waals surface area contributed by atoms with Gasteiger partial charge in [0.2, 0.25) is 0 Å². The molecule has 1 N–H and O–H groups in total. The lowest BCUT2D eigenvalue weighted by molar-refractivity contribution is -0.155. The van der Waals surface area contributed by atoms with Crippen LogP contribution in [0.1, 0.15) is 84.5 Å². The number of hydrogen-bond donors (Lipinski definition) is 1. The molecule has 0 aromatic rings. The molecular formula is C17H33NO3. The van der Waals surface area contributed by atoms with Gasteiger partial charge in [0.1, 0.15) is 0 Å². The average Bonchev–Trinajstić information content (AvgIpc) is 2.49. The Labute approximate surface area is 130 Å². The summed E-state index contributed by atoms with van der Waals surface area (Å²) in [5, 5.41) is 2.51. The molecule has 0 aliphatic carbocycles. The summed E-state index contributed by atoms with van der Waals surface area (Å²) in [4.78, 5) is 22.5. The summed E-state index contributed by atoms with van der Waals surface area (Å²) < 4.78 is 4.92. The van der Waals surface area contributed by atoms with Crippen LogP contribution in [0.5, 0.6) is 0 Å². The van der Waals surface area contributed by atoms with E-state index in [1.807, 2.05) is 6.92 Å². The lowest BCUT2D eigenvalue weighted by Gasteiger charge is -2.05. The molecular weight excluding hydrogens is 266 g/mol. The number of unbranched alkanes of at least 4 members (excludes halogenated alkanes) is 9. The van der Waals surface area contributed by atoms with Crippen molar-refractivity contribution in [2.75, 3.05) is 13.2 Å². The van der Waals surface area contributed by atoms with E-state index in [-0.39, 0.29) is 0 Å². The highest BCUT2D eigenvalue weighted by Gasteiger charge is 2.13. The van der Waals surface area contributed by atoms with Crippen LogP contribution in [-0.2, 0) is 14.3 Å². The predicted molar refractivity (Wildman–Crippen MR) is 86.1 cm³/mol. The highest BCUT2D eigenvalue weighted by molar-refractivity contribution is 6.32. The van der Waals surface area contributed by atoms with E-state index in [9.17, 15) is 9.59 Å². The SMILES string of the molecule is CCCCCCCCCCCCOC(=O)C(=O)NCCC. The third-order valence-corrected chi connectivity index (χ3v) is 3.45. The van der Waals surface area contributed by atoms with E-state index < -0.39 is 11.9 Å². The number of hydrogen-bond acceptors (Lipinski definition) is 3. The summed E-state index contributed by atoms with van der Waals surface area (Å²) in [5.41, 5.74) is 0. The summed E-state index contributed by atoms with van der Waals surface area (Å²) in [6.45, 7) is 5.05. The first kappa shape index (κ1) is 19.9. The topological polar surface area (TPSA) is 55.4 Å². The van der Waals surface area contributed by atoms with Gasteiger partial charge >= 0.3 is 11.9 Å².